The lowest BCUT2D eigenvalue weighted by Gasteiger charge is -2.22. The molecular weight excluding hydrogens is 198 g/mol. The molecule has 0 spiro atoms. The van der Waals surface area contributed by atoms with Gasteiger partial charge in [0.25, 0.3) is 0 Å². The average Bonchev–Trinajstić information content (AvgIpc) is 1.81. The van der Waals surface area contributed by atoms with Crippen LogP contribution in [0.1, 0.15) is 0 Å². The first-order valence-corrected chi connectivity index (χ1v) is 4.10. The molecule has 2 amide bonds. The van der Waals surface area contributed by atoms with Crippen molar-refractivity contribution in [3.8, 4) is 0 Å². The topological polar surface area (TPSA) is 139 Å². The van der Waals surface area contributed by atoms with Crippen molar-refractivity contribution in [3.63, 3.8) is 0 Å². The fourth-order valence-corrected chi connectivity index (χ4v) is 1.01. The highest BCUT2D eigenvalue weighted by Gasteiger charge is 2.08. The number of primary amides is 1. The van der Waals surface area contributed by atoms with Crippen molar-refractivity contribution in [2.45, 2.75) is 0 Å². The van der Waals surface area contributed by atoms with Gasteiger partial charge in [-0.05, 0) is 0 Å². The second kappa shape index (κ2) is 4.35. The molecular formula is CH3N3O5S2-2. The smallest absolute Gasteiger partial charge is 0.341 e. The van der Waals surface area contributed by atoms with E-state index in [0.717, 1.165) is 0 Å². The summed E-state index contributed by atoms with van der Waals surface area (Å²) in [5, 5.41) is 0. The van der Waals surface area contributed by atoms with E-state index in [1.807, 2.05) is 0 Å². The summed E-state index contributed by atoms with van der Waals surface area (Å²) in [6.07, 6.45) is 0. The van der Waals surface area contributed by atoms with Crippen molar-refractivity contribution < 1.29 is 22.3 Å². The van der Waals surface area contributed by atoms with Crippen molar-refractivity contribution in [3.05, 3.63) is 0 Å². The molecule has 0 bridgehead atoms. The summed E-state index contributed by atoms with van der Waals surface area (Å²) in [5.74, 6) is 0. The molecule has 0 aliphatic carbocycles. The van der Waals surface area contributed by atoms with Crippen LogP contribution in [0.4, 0.5) is 4.79 Å². The largest absolute Gasteiger partial charge is 0.759 e. The third-order valence-electron chi connectivity index (χ3n) is 0.507. The molecule has 0 heterocycles. The quantitative estimate of drug-likeness (QED) is 0.382. The molecule has 66 valence electrons. The van der Waals surface area contributed by atoms with Crippen LogP contribution < -0.4 is 10.6 Å². The minimum absolute atomic E-state index is 0.275. The maximum Gasteiger partial charge on any atom is 0.341 e. The lowest BCUT2D eigenvalue weighted by Crippen LogP contribution is -2.47. The Labute approximate surface area is 66.5 Å². The molecule has 0 saturated carbocycles. The number of hydrazine groups is 1. The van der Waals surface area contributed by atoms with Gasteiger partial charge < -0.3 is 14.8 Å². The zero-order valence-corrected chi connectivity index (χ0v) is 6.52. The van der Waals surface area contributed by atoms with E-state index in [2.05, 4.69) is 5.73 Å². The van der Waals surface area contributed by atoms with Crippen LogP contribution in [-0.4, -0.2) is 28.0 Å². The molecule has 0 aliphatic rings. The van der Waals surface area contributed by atoms with Crippen molar-refractivity contribution in [2.24, 2.45) is 5.73 Å². The summed E-state index contributed by atoms with van der Waals surface area (Å²) < 4.78 is 39.2. The summed E-state index contributed by atoms with van der Waals surface area (Å²) in [7, 11) is 0. The van der Waals surface area contributed by atoms with Crippen molar-refractivity contribution in [2.75, 3.05) is 0 Å². The number of rotatable bonds is 3. The van der Waals surface area contributed by atoms with Gasteiger partial charge in [-0.25, -0.2) is 4.79 Å². The molecule has 8 nitrogen and oxygen atoms in total. The number of hydrogen-bond acceptors (Lipinski definition) is 5. The highest BCUT2D eigenvalue weighted by atomic mass is 32.2. The van der Waals surface area contributed by atoms with Crippen LogP contribution in [0.25, 0.3) is 0 Å². The van der Waals surface area contributed by atoms with E-state index in [1.165, 1.54) is 4.83 Å². The summed E-state index contributed by atoms with van der Waals surface area (Å²) in [6.45, 7) is 0. The Morgan fingerprint density at radius 1 is 1.45 bits per heavy atom. The monoisotopic (exact) mass is 201 g/mol. The van der Waals surface area contributed by atoms with Gasteiger partial charge in [-0.1, -0.05) is 0 Å². The van der Waals surface area contributed by atoms with Crippen molar-refractivity contribution in [1.82, 2.24) is 9.25 Å². The van der Waals surface area contributed by atoms with Crippen LogP contribution in [0.3, 0.4) is 0 Å². The molecule has 2 unspecified atom stereocenters. The number of carbonyl (C=O) groups is 1. The maximum atomic E-state index is 10.1. The van der Waals surface area contributed by atoms with Gasteiger partial charge in [-0.2, -0.15) is 4.41 Å². The highest BCUT2D eigenvalue weighted by molar-refractivity contribution is 7.80. The average molecular weight is 201 g/mol. The predicted molar refractivity (Wildman–Crippen MR) is 32.4 cm³/mol. The molecule has 10 heteroatoms. The second-order valence-corrected chi connectivity index (χ2v) is 2.63. The van der Waals surface area contributed by atoms with E-state index < -0.39 is 28.6 Å². The number of amides is 2. The van der Waals surface area contributed by atoms with E-state index >= 15 is 0 Å². The molecule has 0 aromatic carbocycles. The normalized spacial score (nSPS) is 15.5. The molecule has 0 aromatic rings. The summed E-state index contributed by atoms with van der Waals surface area (Å²) in [6, 6.07) is -1.44. The van der Waals surface area contributed by atoms with Gasteiger partial charge in [-0.3, -0.25) is 8.42 Å². The van der Waals surface area contributed by atoms with Crippen LogP contribution in [-0.2, 0) is 22.5 Å². The Morgan fingerprint density at radius 3 is 2.00 bits per heavy atom. The summed E-state index contributed by atoms with van der Waals surface area (Å²) >= 11 is -5.95. The molecule has 0 fully saturated rings. The standard InChI is InChI=1S/CH5N3O5S2/c2-1(5)4(11(8)9)3-10(6)7/h3H,(H2,2,5)(H,6,7)(H,8,9)/p-2. The molecule has 0 rings (SSSR count). The van der Waals surface area contributed by atoms with Gasteiger partial charge >= 0.3 is 6.03 Å². The van der Waals surface area contributed by atoms with Crippen LogP contribution in [0.2, 0.25) is 0 Å². The predicted octanol–water partition coefficient (Wildman–Crippen LogP) is -2.54. The Morgan fingerprint density at radius 2 is 1.91 bits per heavy atom. The number of nitrogens with one attached hydrogen (secondary N) is 1. The molecule has 2 atom stereocenters. The first-order valence-electron chi connectivity index (χ1n) is 1.99. The zero-order valence-electron chi connectivity index (χ0n) is 4.88. The fraction of sp³-hybridized carbons (Fsp3) is 0. The van der Waals surface area contributed by atoms with Gasteiger partial charge in [0, 0.05) is 11.3 Å². The SMILES string of the molecule is NC(=O)N(NS(=O)[O-])S(=O)[O-]. The Hall–Kier alpha value is -0.550. The van der Waals surface area contributed by atoms with Gasteiger partial charge in [0.15, 0.2) is 0 Å². The van der Waals surface area contributed by atoms with E-state index in [4.69, 9.17) is 0 Å². The zero-order chi connectivity index (χ0) is 9.02. The number of urea groups is 1. The minimum Gasteiger partial charge on any atom is -0.759 e. The van der Waals surface area contributed by atoms with E-state index in [0.29, 0.717) is 0 Å². The van der Waals surface area contributed by atoms with Gasteiger partial charge in [0.05, 0.1) is 11.3 Å². The maximum absolute atomic E-state index is 10.1. The number of hydrogen-bond donors (Lipinski definition) is 2. The van der Waals surface area contributed by atoms with Crippen LogP contribution in [0.5, 0.6) is 0 Å². The molecule has 0 aromatic heterocycles. The van der Waals surface area contributed by atoms with Gasteiger partial charge in [0.2, 0.25) is 0 Å². The fourth-order valence-electron chi connectivity index (χ4n) is 0.217. The van der Waals surface area contributed by atoms with E-state index in [9.17, 15) is 22.3 Å². The lowest BCUT2D eigenvalue weighted by molar-refractivity contribution is 0.226. The van der Waals surface area contributed by atoms with Crippen molar-refractivity contribution >= 4 is 28.6 Å². The third kappa shape index (κ3) is 4.00. The Balaban J connectivity index is 4.23. The van der Waals surface area contributed by atoms with Crippen LogP contribution >= 0.6 is 0 Å². The van der Waals surface area contributed by atoms with Crippen LogP contribution in [0.15, 0.2) is 0 Å². The molecule has 0 aliphatic heterocycles. The van der Waals surface area contributed by atoms with Gasteiger partial charge in [-0.15, -0.1) is 4.83 Å². The van der Waals surface area contributed by atoms with Crippen molar-refractivity contribution in [1.29, 1.82) is 0 Å². The number of nitrogens with zero attached hydrogens (tertiary/aromatic N) is 1. The second-order valence-electron chi connectivity index (χ2n) is 1.18. The highest BCUT2D eigenvalue weighted by Crippen LogP contribution is 1.85. The molecule has 11 heavy (non-hydrogen) atoms. The molecule has 3 N–H and O–H groups in total. The first kappa shape index (κ1) is 10.4. The van der Waals surface area contributed by atoms with E-state index in [-0.39, 0.29) is 4.41 Å². The Bertz CT molecular complexity index is 190. The summed E-state index contributed by atoms with van der Waals surface area (Å²) in [4.78, 5) is 11.3. The third-order valence-corrected chi connectivity index (χ3v) is 1.52. The Kier molecular flexibility index (Phi) is 4.14. The van der Waals surface area contributed by atoms with E-state index in [1.54, 1.807) is 0 Å². The number of carbonyl (C=O) groups excluding carboxylic acids is 1. The molecule has 0 saturated heterocycles. The van der Waals surface area contributed by atoms with Gasteiger partial charge in [0.1, 0.15) is 0 Å². The first-order chi connectivity index (χ1) is 4.95. The molecule has 0 radical (unpaired) electrons. The number of nitrogens with two attached hydrogens (primary N) is 1. The lowest BCUT2D eigenvalue weighted by atomic mass is 11.2. The minimum atomic E-state index is -3.05. The summed E-state index contributed by atoms with van der Waals surface area (Å²) in [5.41, 5.74) is 4.44. The van der Waals surface area contributed by atoms with Crippen LogP contribution in [0, 0.1) is 0 Å².